The molecule has 6 nitrogen and oxygen atoms in total. The molecule has 0 aliphatic carbocycles. The first-order valence-electron chi connectivity index (χ1n) is 9.77. The predicted octanol–water partition coefficient (Wildman–Crippen LogP) is 3.15. The van der Waals surface area contributed by atoms with E-state index in [1.54, 1.807) is 7.05 Å². The Hall–Kier alpha value is -2.29. The first kappa shape index (κ1) is 23.0. The summed E-state index contributed by atoms with van der Waals surface area (Å²) < 4.78 is 6.05. The van der Waals surface area contributed by atoms with Crippen molar-refractivity contribution in [3.8, 4) is 5.75 Å². The maximum atomic E-state index is 12.1. The zero-order chi connectivity index (χ0) is 19.6. The Labute approximate surface area is 189 Å². The van der Waals surface area contributed by atoms with Gasteiger partial charge in [0, 0.05) is 51.6 Å². The molecule has 0 bridgehead atoms. The third kappa shape index (κ3) is 7.23. The Morgan fingerprint density at radius 2 is 1.59 bits per heavy atom. The molecule has 1 aliphatic rings. The molecule has 1 saturated heterocycles. The van der Waals surface area contributed by atoms with Gasteiger partial charge in [0.15, 0.2) is 5.96 Å². The van der Waals surface area contributed by atoms with Gasteiger partial charge in [0.1, 0.15) is 11.9 Å². The molecule has 2 aromatic carbocycles. The van der Waals surface area contributed by atoms with Crippen LogP contribution >= 0.6 is 24.0 Å². The number of para-hydroxylation sites is 1. The number of nitrogens with zero attached hydrogens (tertiary/aromatic N) is 2. The summed E-state index contributed by atoms with van der Waals surface area (Å²) in [5, 5.41) is 6.25. The van der Waals surface area contributed by atoms with Crippen molar-refractivity contribution in [3.63, 3.8) is 0 Å². The molecule has 1 heterocycles. The van der Waals surface area contributed by atoms with Crippen molar-refractivity contribution in [2.45, 2.75) is 18.9 Å². The lowest BCUT2D eigenvalue weighted by Gasteiger charge is -2.34. The minimum atomic E-state index is -0.0590. The number of benzene rings is 2. The molecule has 29 heavy (non-hydrogen) atoms. The van der Waals surface area contributed by atoms with E-state index in [0.29, 0.717) is 18.7 Å². The summed E-state index contributed by atoms with van der Waals surface area (Å²) in [6.45, 7) is 2.97. The standard InChI is InChI=1S/C22H28N4O2.HI/c1-23-22(25-15-14-24-21(27)18-8-4-2-5-9-18)26-16-12-20(13-17-26)28-19-10-6-3-7-11-19;/h2-11,20H,12-17H2,1H3,(H,23,25)(H,24,27);1H. The molecule has 7 heteroatoms. The van der Waals surface area contributed by atoms with Gasteiger partial charge < -0.3 is 20.3 Å². The van der Waals surface area contributed by atoms with Gasteiger partial charge in [0.05, 0.1) is 0 Å². The van der Waals surface area contributed by atoms with E-state index in [0.717, 1.165) is 37.6 Å². The zero-order valence-corrected chi connectivity index (χ0v) is 19.0. The number of aliphatic imine (C=N–C) groups is 1. The summed E-state index contributed by atoms with van der Waals surface area (Å²) in [6, 6.07) is 19.2. The highest BCUT2D eigenvalue weighted by Crippen LogP contribution is 2.18. The van der Waals surface area contributed by atoms with Gasteiger partial charge in [-0.2, -0.15) is 0 Å². The highest BCUT2D eigenvalue weighted by molar-refractivity contribution is 14.0. The number of hydrogen-bond donors (Lipinski definition) is 2. The summed E-state index contributed by atoms with van der Waals surface area (Å²) in [6.07, 6.45) is 2.16. The second-order valence-corrected chi connectivity index (χ2v) is 6.71. The molecule has 1 aliphatic heterocycles. The minimum Gasteiger partial charge on any atom is -0.490 e. The van der Waals surface area contributed by atoms with E-state index in [2.05, 4.69) is 20.5 Å². The van der Waals surface area contributed by atoms with Crippen molar-refractivity contribution in [2.24, 2.45) is 4.99 Å². The van der Waals surface area contributed by atoms with E-state index >= 15 is 0 Å². The van der Waals surface area contributed by atoms with E-state index in [-0.39, 0.29) is 36.0 Å². The largest absolute Gasteiger partial charge is 0.490 e. The van der Waals surface area contributed by atoms with Crippen LogP contribution in [0.2, 0.25) is 0 Å². The van der Waals surface area contributed by atoms with Crippen LogP contribution in [0.5, 0.6) is 5.75 Å². The van der Waals surface area contributed by atoms with Crippen molar-refractivity contribution in [1.82, 2.24) is 15.5 Å². The number of rotatable bonds is 6. The highest BCUT2D eigenvalue weighted by Gasteiger charge is 2.22. The van der Waals surface area contributed by atoms with Crippen molar-refractivity contribution in [3.05, 3.63) is 66.2 Å². The van der Waals surface area contributed by atoms with Crippen LogP contribution in [0.3, 0.4) is 0 Å². The molecule has 0 radical (unpaired) electrons. The fourth-order valence-corrected chi connectivity index (χ4v) is 3.25. The number of halogens is 1. The Kier molecular flexibility index (Phi) is 9.76. The van der Waals surface area contributed by atoms with Crippen LogP contribution in [0.1, 0.15) is 23.2 Å². The smallest absolute Gasteiger partial charge is 0.251 e. The molecule has 156 valence electrons. The number of piperidine rings is 1. The molecule has 0 aromatic heterocycles. The number of likely N-dealkylation sites (tertiary alicyclic amines) is 1. The highest BCUT2D eigenvalue weighted by atomic mass is 127. The second-order valence-electron chi connectivity index (χ2n) is 6.71. The minimum absolute atomic E-state index is 0. The third-order valence-electron chi connectivity index (χ3n) is 4.73. The first-order chi connectivity index (χ1) is 13.8. The fraction of sp³-hybridized carbons (Fsp3) is 0.364. The molecular weight excluding hydrogens is 479 g/mol. The van der Waals surface area contributed by atoms with Crippen LogP contribution in [0.15, 0.2) is 65.7 Å². The van der Waals surface area contributed by atoms with Gasteiger partial charge in [0.25, 0.3) is 5.91 Å². The van der Waals surface area contributed by atoms with Crippen LogP contribution in [0, 0.1) is 0 Å². The lowest BCUT2D eigenvalue weighted by molar-refractivity contribution is 0.0954. The normalized spacial score (nSPS) is 14.7. The topological polar surface area (TPSA) is 66.0 Å². The van der Waals surface area contributed by atoms with Gasteiger partial charge >= 0.3 is 0 Å². The van der Waals surface area contributed by atoms with Crippen LogP contribution < -0.4 is 15.4 Å². The average molecular weight is 508 g/mol. The summed E-state index contributed by atoms with van der Waals surface area (Å²) >= 11 is 0. The third-order valence-corrected chi connectivity index (χ3v) is 4.73. The number of nitrogens with one attached hydrogen (secondary N) is 2. The number of guanidine groups is 1. The summed E-state index contributed by atoms with van der Waals surface area (Å²) in [5.41, 5.74) is 0.673. The van der Waals surface area contributed by atoms with E-state index in [1.165, 1.54) is 0 Å². The molecule has 1 fully saturated rings. The van der Waals surface area contributed by atoms with Crippen LogP contribution in [-0.4, -0.2) is 56.1 Å². The van der Waals surface area contributed by atoms with Crippen LogP contribution in [0.25, 0.3) is 0 Å². The fourth-order valence-electron chi connectivity index (χ4n) is 3.25. The lowest BCUT2D eigenvalue weighted by atomic mass is 10.1. The van der Waals surface area contributed by atoms with Gasteiger partial charge in [-0.05, 0) is 24.3 Å². The van der Waals surface area contributed by atoms with Crippen molar-refractivity contribution in [2.75, 3.05) is 33.2 Å². The Balaban J connectivity index is 0.00000300. The maximum absolute atomic E-state index is 12.1. The molecule has 1 amide bonds. The summed E-state index contributed by atoms with van der Waals surface area (Å²) in [7, 11) is 1.79. The van der Waals surface area contributed by atoms with Gasteiger partial charge in [-0.1, -0.05) is 36.4 Å². The second kappa shape index (κ2) is 12.3. The monoisotopic (exact) mass is 508 g/mol. The molecule has 0 atom stereocenters. The van der Waals surface area contributed by atoms with E-state index in [9.17, 15) is 4.79 Å². The van der Waals surface area contributed by atoms with Crippen LogP contribution in [0.4, 0.5) is 0 Å². The predicted molar refractivity (Wildman–Crippen MR) is 127 cm³/mol. The molecule has 0 saturated carbocycles. The SMILES string of the molecule is CN=C(NCCNC(=O)c1ccccc1)N1CCC(Oc2ccccc2)CC1.I. The van der Waals surface area contributed by atoms with Gasteiger partial charge in [-0.25, -0.2) is 0 Å². The van der Waals surface area contributed by atoms with Crippen LogP contribution in [-0.2, 0) is 0 Å². The van der Waals surface area contributed by atoms with Crippen molar-refractivity contribution < 1.29 is 9.53 Å². The number of amides is 1. The Bertz CT molecular complexity index is 763. The number of ether oxygens (including phenoxy) is 1. The van der Waals surface area contributed by atoms with Crippen molar-refractivity contribution >= 4 is 35.8 Å². The molecule has 0 spiro atoms. The molecule has 2 N–H and O–H groups in total. The average Bonchev–Trinajstić information content (AvgIpc) is 2.76. The molecular formula is C22H29IN4O2. The Morgan fingerprint density at radius 3 is 2.21 bits per heavy atom. The van der Waals surface area contributed by atoms with Gasteiger partial charge in [-0.15, -0.1) is 24.0 Å². The molecule has 0 unspecified atom stereocenters. The lowest BCUT2D eigenvalue weighted by Crippen LogP contribution is -2.48. The first-order valence-corrected chi connectivity index (χ1v) is 9.77. The van der Waals surface area contributed by atoms with E-state index in [4.69, 9.17) is 4.74 Å². The molecule has 3 rings (SSSR count). The maximum Gasteiger partial charge on any atom is 0.251 e. The zero-order valence-electron chi connectivity index (χ0n) is 16.7. The number of hydrogen-bond acceptors (Lipinski definition) is 3. The quantitative estimate of drug-likeness (QED) is 0.273. The van der Waals surface area contributed by atoms with E-state index < -0.39 is 0 Å². The summed E-state index contributed by atoms with van der Waals surface area (Å²) in [4.78, 5) is 18.7. The van der Waals surface area contributed by atoms with Crippen molar-refractivity contribution in [1.29, 1.82) is 0 Å². The number of carbonyl (C=O) groups is 1. The summed E-state index contributed by atoms with van der Waals surface area (Å²) in [5.74, 6) is 1.74. The van der Waals surface area contributed by atoms with E-state index in [1.807, 2.05) is 60.7 Å². The molecule has 2 aromatic rings. The van der Waals surface area contributed by atoms with Gasteiger partial charge in [0.2, 0.25) is 0 Å². The van der Waals surface area contributed by atoms with Gasteiger partial charge in [-0.3, -0.25) is 9.79 Å². The number of carbonyl (C=O) groups excluding carboxylic acids is 1. The Morgan fingerprint density at radius 1 is 1.00 bits per heavy atom.